The van der Waals surface area contributed by atoms with Crippen LogP contribution >= 0.6 is 0 Å². The first-order valence-electron chi connectivity index (χ1n) is 8.53. The average Bonchev–Trinajstić information content (AvgIpc) is 2.48. The molecule has 0 spiro atoms. The van der Waals surface area contributed by atoms with E-state index in [9.17, 15) is 9.59 Å². The van der Waals surface area contributed by atoms with Crippen LogP contribution in [0.15, 0.2) is 12.3 Å². The molecular formula is C17H32N2O4. The lowest BCUT2D eigenvalue weighted by Crippen LogP contribution is -2.35. The van der Waals surface area contributed by atoms with Crippen LogP contribution in [0.1, 0.15) is 59.8 Å². The molecule has 0 aliphatic carbocycles. The molecule has 2 N–H and O–H groups in total. The smallest absolute Gasteiger partial charge is 0.407 e. The Hall–Kier alpha value is -1.72. The van der Waals surface area contributed by atoms with Crippen LogP contribution in [0.2, 0.25) is 0 Å². The summed E-state index contributed by atoms with van der Waals surface area (Å²) >= 11 is 0. The van der Waals surface area contributed by atoms with E-state index < -0.39 is 6.09 Å². The molecule has 0 saturated heterocycles. The summed E-state index contributed by atoms with van der Waals surface area (Å²) in [5.41, 5.74) is 0. The van der Waals surface area contributed by atoms with E-state index >= 15 is 0 Å². The SMILES string of the molecule is CCC/C=C/N[C@H](CCCCNC(=O)OC(C)C)C(=O)OCC. The maximum atomic E-state index is 11.9. The van der Waals surface area contributed by atoms with Crippen LogP contribution in [0.4, 0.5) is 4.79 Å². The Balaban J connectivity index is 4.03. The van der Waals surface area contributed by atoms with Crippen LogP contribution in [0, 0.1) is 0 Å². The van der Waals surface area contributed by atoms with Crippen molar-refractivity contribution in [2.75, 3.05) is 13.2 Å². The van der Waals surface area contributed by atoms with Crippen molar-refractivity contribution >= 4 is 12.1 Å². The van der Waals surface area contributed by atoms with Gasteiger partial charge in [0.2, 0.25) is 0 Å². The van der Waals surface area contributed by atoms with Crippen molar-refractivity contribution in [1.82, 2.24) is 10.6 Å². The average molecular weight is 328 g/mol. The zero-order chi connectivity index (χ0) is 17.5. The molecule has 0 aliphatic rings. The van der Waals surface area contributed by atoms with Gasteiger partial charge in [0.15, 0.2) is 0 Å². The van der Waals surface area contributed by atoms with Gasteiger partial charge in [-0.1, -0.05) is 19.4 Å². The van der Waals surface area contributed by atoms with Gasteiger partial charge in [0, 0.05) is 6.54 Å². The molecule has 0 aromatic rings. The first-order chi connectivity index (χ1) is 11.0. The standard InChI is InChI=1S/C17H32N2O4/c1-5-7-9-12-18-15(16(20)22-6-2)11-8-10-13-19-17(21)23-14(3)4/h9,12,14-15,18H,5-8,10-11,13H2,1-4H3,(H,19,21)/b12-9+/t15-/m1/s1. The number of esters is 1. The molecule has 0 heterocycles. The highest BCUT2D eigenvalue weighted by Crippen LogP contribution is 2.04. The lowest BCUT2D eigenvalue weighted by atomic mass is 10.1. The second-order valence-corrected chi connectivity index (χ2v) is 5.54. The van der Waals surface area contributed by atoms with Crippen molar-refractivity contribution in [3.63, 3.8) is 0 Å². The molecule has 0 fully saturated rings. The van der Waals surface area contributed by atoms with Gasteiger partial charge >= 0.3 is 12.1 Å². The van der Waals surface area contributed by atoms with E-state index in [2.05, 4.69) is 17.6 Å². The number of carbonyl (C=O) groups excluding carboxylic acids is 2. The third-order valence-corrected chi connectivity index (χ3v) is 2.97. The first-order valence-corrected chi connectivity index (χ1v) is 8.53. The molecule has 134 valence electrons. The molecule has 1 amide bonds. The predicted octanol–water partition coefficient (Wildman–Crippen LogP) is 3.13. The summed E-state index contributed by atoms with van der Waals surface area (Å²) in [5.74, 6) is -0.235. The van der Waals surface area contributed by atoms with Gasteiger partial charge in [-0.2, -0.15) is 0 Å². The van der Waals surface area contributed by atoms with E-state index in [1.165, 1.54) is 0 Å². The fourth-order valence-corrected chi connectivity index (χ4v) is 1.87. The zero-order valence-electron chi connectivity index (χ0n) is 14.9. The summed E-state index contributed by atoms with van der Waals surface area (Å²) in [4.78, 5) is 23.2. The zero-order valence-corrected chi connectivity index (χ0v) is 14.9. The molecule has 0 unspecified atom stereocenters. The lowest BCUT2D eigenvalue weighted by molar-refractivity contribution is -0.145. The number of rotatable bonds is 12. The molecule has 0 aromatic heterocycles. The Labute approximate surface area is 140 Å². The highest BCUT2D eigenvalue weighted by atomic mass is 16.6. The molecule has 6 heteroatoms. The number of amides is 1. The topological polar surface area (TPSA) is 76.7 Å². The first kappa shape index (κ1) is 21.3. The van der Waals surface area contributed by atoms with E-state index in [0.717, 1.165) is 25.7 Å². The number of alkyl carbamates (subject to hydrolysis) is 1. The van der Waals surface area contributed by atoms with Crippen molar-refractivity contribution in [3.8, 4) is 0 Å². The lowest BCUT2D eigenvalue weighted by Gasteiger charge is -2.16. The summed E-state index contributed by atoms with van der Waals surface area (Å²) in [6.45, 7) is 8.42. The van der Waals surface area contributed by atoms with E-state index in [-0.39, 0.29) is 18.1 Å². The number of hydrogen-bond acceptors (Lipinski definition) is 5. The molecule has 0 bridgehead atoms. The molecular weight excluding hydrogens is 296 g/mol. The number of nitrogens with one attached hydrogen (secondary N) is 2. The number of unbranched alkanes of at least 4 members (excludes halogenated alkanes) is 2. The summed E-state index contributed by atoms with van der Waals surface area (Å²) in [7, 11) is 0. The van der Waals surface area contributed by atoms with E-state index in [1.807, 2.05) is 12.3 Å². The Kier molecular flexibility index (Phi) is 12.9. The Morgan fingerprint density at radius 3 is 2.52 bits per heavy atom. The van der Waals surface area contributed by atoms with Crippen molar-refractivity contribution in [3.05, 3.63) is 12.3 Å². The maximum absolute atomic E-state index is 11.9. The summed E-state index contributed by atoms with van der Waals surface area (Å²) in [6.07, 6.45) is 7.61. The van der Waals surface area contributed by atoms with Crippen molar-refractivity contribution in [2.45, 2.75) is 71.9 Å². The maximum Gasteiger partial charge on any atom is 0.407 e. The van der Waals surface area contributed by atoms with Crippen molar-refractivity contribution in [2.24, 2.45) is 0 Å². The molecule has 6 nitrogen and oxygen atoms in total. The number of carbonyl (C=O) groups is 2. The highest BCUT2D eigenvalue weighted by molar-refractivity contribution is 5.75. The molecule has 0 aliphatic heterocycles. The van der Waals surface area contributed by atoms with Crippen LogP contribution in [-0.2, 0) is 14.3 Å². The summed E-state index contributed by atoms with van der Waals surface area (Å²) in [5, 5.41) is 5.79. The minimum atomic E-state index is -0.400. The second-order valence-electron chi connectivity index (χ2n) is 5.54. The van der Waals surface area contributed by atoms with Gasteiger partial charge in [0.05, 0.1) is 12.7 Å². The van der Waals surface area contributed by atoms with Crippen LogP contribution in [0.5, 0.6) is 0 Å². The van der Waals surface area contributed by atoms with Gasteiger partial charge in [-0.3, -0.25) is 0 Å². The number of allylic oxidation sites excluding steroid dienone is 1. The molecule has 0 saturated carbocycles. The third-order valence-electron chi connectivity index (χ3n) is 2.97. The largest absolute Gasteiger partial charge is 0.464 e. The van der Waals surface area contributed by atoms with E-state index in [4.69, 9.17) is 9.47 Å². The van der Waals surface area contributed by atoms with E-state index in [0.29, 0.717) is 19.6 Å². The van der Waals surface area contributed by atoms with Gasteiger partial charge in [0.25, 0.3) is 0 Å². The van der Waals surface area contributed by atoms with Crippen molar-refractivity contribution in [1.29, 1.82) is 0 Å². The van der Waals surface area contributed by atoms with Crippen LogP contribution in [0.25, 0.3) is 0 Å². The Morgan fingerprint density at radius 2 is 1.91 bits per heavy atom. The summed E-state index contributed by atoms with van der Waals surface area (Å²) in [6, 6.07) is -0.342. The molecule has 0 rings (SSSR count). The number of hydrogen-bond donors (Lipinski definition) is 2. The molecule has 1 atom stereocenters. The van der Waals surface area contributed by atoms with E-state index in [1.54, 1.807) is 20.8 Å². The highest BCUT2D eigenvalue weighted by Gasteiger charge is 2.17. The van der Waals surface area contributed by atoms with Gasteiger partial charge in [-0.15, -0.1) is 0 Å². The van der Waals surface area contributed by atoms with Crippen LogP contribution < -0.4 is 10.6 Å². The number of ether oxygens (including phenoxy) is 2. The monoisotopic (exact) mass is 328 g/mol. The fraction of sp³-hybridized carbons (Fsp3) is 0.765. The van der Waals surface area contributed by atoms with Crippen LogP contribution in [0.3, 0.4) is 0 Å². The molecule has 23 heavy (non-hydrogen) atoms. The third kappa shape index (κ3) is 12.5. The second kappa shape index (κ2) is 13.9. The molecule has 0 aromatic carbocycles. The van der Waals surface area contributed by atoms with Gasteiger partial charge in [-0.25, -0.2) is 9.59 Å². The Morgan fingerprint density at radius 1 is 1.17 bits per heavy atom. The van der Waals surface area contributed by atoms with Gasteiger partial charge < -0.3 is 20.1 Å². The predicted molar refractivity (Wildman–Crippen MR) is 91.1 cm³/mol. The fourth-order valence-electron chi connectivity index (χ4n) is 1.87. The van der Waals surface area contributed by atoms with Crippen LogP contribution in [-0.4, -0.2) is 37.4 Å². The quantitative estimate of drug-likeness (QED) is 0.425. The Bertz CT molecular complexity index is 357. The minimum absolute atomic E-state index is 0.123. The van der Waals surface area contributed by atoms with Crippen molar-refractivity contribution < 1.29 is 19.1 Å². The summed E-state index contributed by atoms with van der Waals surface area (Å²) < 4.78 is 10.1. The normalized spacial score (nSPS) is 12.2. The minimum Gasteiger partial charge on any atom is -0.464 e. The molecule has 0 radical (unpaired) electrons. The van der Waals surface area contributed by atoms with Gasteiger partial charge in [-0.05, 0) is 52.7 Å². The van der Waals surface area contributed by atoms with Gasteiger partial charge in [0.1, 0.15) is 6.04 Å².